The number of guanidine groups is 1. The van der Waals surface area contributed by atoms with Crippen LogP contribution in [0, 0.1) is 12.7 Å². The van der Waals surface area contributed by atoms with Crippen LogP contribution in [0.5, 0.6) is 5.75 Å². The predicted octanol–water partition coefficient (Wildman–Crippen LogP) is 3.38. The minimum Gasteiger partial charge on any atom is -0.379 e. The molecule has 0 saturated heterocycles. The summed E-state index contributed by atoms with van der Waals surface area (Å²) in [6, 6.07) is 13.4. The lowest BCUT2D eigenvalue weighted by Crippen LogP contribution is -2.41. The second kappa shape index (κ2) is 9.47. The minimum atomic E-state index is -4.31. The second-order valence-electron chi connectivity index (χ2n) is 8.87. The van der Waals surface area contributed by atoms with Gasteiger partial charge >= 0.3 is 10.1 Å². The molecule has 10 nitrogen and oxygen atoms in total. The number of halogens is 2. The van der Waals surface area contributed by atoms with Crippen molar-refractivity contribution in [1.29, 1.82) is 0 Å². The van der Waals surface area contributed by atoms with Gasteiger partial charge in [-0.1, -0.05) is 35.9 Å². The highest BCUT2D eigenvalue weighted by Crippen LogP contribution is 2.41. The van der Waals surface area contributed by atoms with Crippen LogP contribution in [0.3, 0.4) is 0 Å². The number of nitrogens with zero attached hydrogens (tertiary/aromatic N) is 5. The fourth-order valence-corrected chi connectivity index (χ4v) is 6.14. The van der Waals surface area contributed by atoms with Gasteiger partial charge in [-0.05, 0) is 48.4 Å². The molecule has 1 amide bonds. The Morgan fingerprint density at radius 2 is 1.77 bits per heavy atom. The summed E-state index contributed by atoms with van der Waals surface area (Å²) in [6.07, 6.45) is 3.08. The van der Waals surface area contributed by atoms with Gasteiger partial charge in [0, 0.05) is 37.6 Å². The number of carbonyl (C=O) groups excluding carboxylic acids is 1. The highest BCUT2D eigenvalue weighted by molar-refractivity contribution is 7.87. The zero-order valence-electron chi connectivity index (χ0n) is 21.0. The van der Waals surface area contributed by atoms with Crippen molar-refractivity contribution in [3.63, 3.8) is 0 Å². The van der Waals surface area contributed by atoms with E-state index >= 15 is 0 Å². The number of hydrogen-bond acceptors (Lipinski definition) is 8. The van der Waals surface area contributed by atoms with E-state index in [4.69, 9.17) is 21.5 Å². The Hall–Kier alpha value is -4.29. The predicted molar refractivity (Wildman–Crippen MR) is 142 cm³/mol. The second-order valence-corrected chi connectivity index (χ2v) is 10.7. The van der Waals surface area contributed by atoms with E-state index in [1.54, 1.807) is 18.3 Å². The maximum absolute atomic E-state index is 14.9. The zero-order chi connectivity index (χ0) is 28.1. The van der Waals surface area contributed by atoms with Gasteiger partial charge in [-0.3, -0.25) is 19.4 Å². The first kappa shape index (κ1) is 26.3. The molecule has 0 spiro atoms. The van der Waals surface area contributed by atoms with Crippen LogP contribution < -0.4 is 9.92 Å². The van der Waals surface area contributed by atoms with Crippen LogP contribution in [-0.4, -0.2) is 47.0 Å². The molecule has 0 radical (unpaired) electrons. The van der Waals surface area contributed by atoms with Gasteiger partial charge in [-0.25, -0.2) is 9.38 Å². The van der Waals surface area contributed by atoms with Gasteiger partial charge in [-0.2, -0.15) is 13.5 Å². The molecular formula is C26H22ClFN6O4S. The molecule has 1 unspecified atom stereocenters. The van der Waals surface area contributed by atoms with E-state index in [0.29, 0.717) is 16.7 Å². The number of aromatic nitrogens is 3. The summed E-state index contributed by atoms with van der Waals surface area (Å²) < 4.78 is 47.2. The van der Waals surface area contributed by atoms with E-state index in [9.17, 15) is 17.6 Å². The molecule has 0 fully saturated rings. The van der Waals surface area contributed by atoms with E-state index in [0.717, 1.165) is 0 Å². The van der Waals surface area contributed by atoms with Crippen molar-refractivity contribution in [2.24, 2.45) is 17.8 Å². The van der Waals surface area contributed by atoms with Crippen LogP contribution >= 0.6 is 11.6 Å². The summed E-state index contributed by atoms with van der Waals surface area (Å²) in [5.41, 5.74) is 6.05. The van der Waals surface area contributed by atoms with Gasteiger partial charge in [0.25, 0.3) is 5.91 Å². The SMILES string of the molecule is Cc1nn(C)c(Cl)c1S(=O)(=O)Oc1ccc(C2(c3ccc(F)c(-c4cccnc4)c3)N=C(N)N(C)C2=O)cc1. The van der Waals surface area contributed by atoms with Gasteiger partial charge in [0.1, 0.15) is 16.7 Å². The summed E-state index contributed by atoms with van der Waals surface area (Å²) in [5.74, 6) is -1.03. The average Bonchev–Trinajstić information content (AvgIpc) is 3.31. The number of aliphatic imine (C=N–C) groups is 1. The summed E-state index contributed by atoms with van der Waals surface area (Å²) in [7, 11) is -1.31. The number of carbonyl (C=O) groups is 1. The highest BCUT2D eigenvalue weighted by atomic mass is 35.5. The van der Waals surface area contributed by atoms with E-state index in [-0.39, 0.29) is 33.0 Å². The molecule has 39 heavy (non-hydrogen) atoms. The summed E-state index contributed by atoms with van der Waals surface area (Å²) in [4.78, 5) is 23.1. The summed E-state index contributed by atoms with van der Waals surface area (Å²) in [5, 5.41) is 3.92. The van der Waals surface area contributed by atoms with Crippen LogP contribution in [0.1, 0.15) is 16.8 Å². The van der Waals surface area contributed by atoms with Crippen LogP contribution in [-0.2, 0) is 27.5 Å². The molecular weight excluding hydrogens is 547 g/mol. The Kier molecular flexibility index (Phi) is 6.39. The van der Waals surface area contributed by atoms with Crippen molar-refractivity contribution in [2.45, 2.75) is 17.4 Å². The lowest BCUT2D eigenvalue weighted by atomic mass is 9.81. The number of aryl methyl sites for hydroxylation is 2. The van der Waals surface area contributed by atoms with Crippen molar-refractivity contribution in [3.05, 3.63) is 94.8 Å². The Bertz CT molecular complexity index is 1740. The average molecular weight is 569 g/mol. The number of hydrogen-bond donors (Lipinski definition) is 1. The third-order valence-corrected chi connectivity index (χ3v) is 8.37. The molecule has 0 aliphatic carbocycles. The normalized spacial score (nSPS) is 17.4. The van der Waals surface area contributed by atoms with E-state index in [1.807, 2.05) is 0 Å². The summed E-state index contributed by atoms with van der Waals surface area (Å²) >= 11 is 6.12. The van der Waals surface area contributed by atoms with Crippen molar-refractivity contribution >= 4 is 33.6 Å². The van der Waals surface area contributed by atoms with Crippen molar-refractivity contribution in [2.75, 3.05) is 7.05 Å². The van der Waals surface area contributed by atoms with Gasteiger partial charge in [-0.15, -0.1) is 0 Å². The molecule has 1 atom stereocenters. The number of amides is 1. The lowest BCUT2D eigenvalue weighted by molar-refractivity contribution is -0.129. The molecule has 1 aliphatic heterocycles. The minimum absolute atomic E-state index is 0.0286. The number of likely N-dealkylation sites (N-methyl/N-ethyl adjacent to an activating group) is 1. The smallest absolute Gasteiger partial charge is 0.344 e. The molecule has 200 valence electrons. The van der Waals surface area contributed by atoms with Crippen molar-refractivity contribution in [1.82, 2.24) is 19.7 Å². The molecule has 5 rings (SSSR count). The van der Waals surface area contributed by atoms with Gasteiger partial charge < -0.3 is 9.92 Å². The first-order valence-electron chi connectivity index (χ1n) is 11.5. The Labute approximate surface area is 228 Å². The Morgan fingerprint density at radius 3 is 2.33 bits per heavy atom. The number of nitrogens with two attached hydrogens (primary N) is 1. The van der Waals surface area contributed by atoms with E-state index in [1.165, 1.54) is 79.3 Å². The monoisotopic (exact) mass is 568 g/mol. The zero-order valence-corrected chi connectivity index (χ0v) is 22.5. The standard InChI is InChI=1S/C26H22ClFN6O4S/c1-15-22(23(27)34(3)32-15)39(36,37)38-19-9-6-17(7-10-19)26(24(35)33(2)25(29)31-26)18-8-11-21(28)20(13-18)16-5-4-12-30-14-16/h4-14H,1-3H3,(H2,29,31). The molecule has 4 aromatic rings. The third-order valence-electron chi connectivity index (χ3n) is 6.42. The fraction of sp³-hybridized carbons (Fsp3) is 0.154. The fourth-order valence-electron chi connectivity index (χ4n) is 4.49. The van der Waals surface area contributed by atoms with Gasteiger partial charge in [0.2, 0.25) is 0 Å². The molecule has 2 aromatic carbocycles. The van der Waals surface area contributed by atoms with E-state index < -0.39 is 27.4 Å². The number of rotatable bonds is 6. The number of pyridine rings is 1. The molecule has 3 heterocycles. The van der Waals surface area contributed by atoms with Crippen LogP contribution in [0.2, 0.25) is 5.15 Å². The van der Waals surface area contributed by atoms with Crippen LogP contribution in [0.15, 0.2) is 76.9 Å². The van der Waals surface area contributed by atoms with Crippen molar-refractivity contribution in [3.8, 4) is 16.9 Å². The molecule has 0 saturated carbocycles. The molecule has 13 heteroatoms. The maximum atomic E-state index is 14.9. The molecule has 1 aliphatic rings. The van der Waals surface area contributed by atoms with Crippen LogP contribution in [0.4, 0.5) is 4.39 Å². The maximum Gasteiger partial charge on any atom is 0.344 e. The number of benzene rings is 2. The molecule has 0 bridgehead atoms. The van der Waals surface area contributed by atoms with E-state index in [2.05, 4.69) is 15.1 Å². The largest absolute Gasteiger partial charge is 0.379 e. The van der Waals surface area contributed by atoms with Crippen molar-refractivity contribution < 1.29 is 21.8 Å². The molecule has 2 aromatic heterocycles. The summed E-state index contributed by atoms with van der Waals surface area (Å²) in [6.45, 7) is 1.50. The van der Waals surface area contributed by atoms with Gasteiger partial charge in [0.15, 0.2) is 16.4 Å². The van der Waals surface area contributed by atoms with Crippen LogP contribution in [0.25, 0.3) is 11.1 Å². The van der Waals surface area contributed by atoms with Gasteiger partial charge in [0.05, 0.1) is 5.69 Å². The first-order chi connectivity index (χ1) is 18.5. The topological polar surface area (TPSA) is 133 Å². The Balaban J connectivity index is 1.58. The highest BCUT2D eigenvalue weighted by Gasteiger charge is 2.49. The Morgan fingerprint density at radius 1 is 1.08 bits per heavy atom. The molecule has 2 N–H and O–H groups in total. The quantitative estimate of drug-likeness (QED) is 0.353. The third kappa shape index (κ3) is 4.31. The lowest BCUT2D eigenvalue weighted by Gasteiger charge is -2.27. The first-order valence-corrected chi connectivity index (χ1v) is 13.3.